The molecule has 1 aliphatic rings. The van der Waals surface area contributed by atoms with Crippen molar-refractivity contribution in [2.75, 3.05) is 32.4 Å². The van der Waals surface area contributed by atoms with E-state index in [0.29, 0.717) is 13.1 Å². The average Bonchev–Trinajstić information content (AvgIpc) is 2.92. The second kappa shape index (κ2) is 8.22. The first-order valence-electron chi connectivity index (χ1n) is 6.36. The number of thiophene rings is 1. The first kappa shape index (κ1) is 18.6. The fourth-order valence-electron chi connectivity index (χ4n) is 1.84. The molecule has 2 rings (SSSR count). The standard InChI is InChI=1S/C10H16N2O2S2.C2H2O4/c1-16(13,14)12-6-4-11(5-7-12)9-10-3-2-8-15-10;3-1(4)2(5)6/h2-3,8H,4-7,9H2,1H3;(H,3,4)(H,5,6). The molecule has 0 atom stereocenters. The van der Waals surface area contributed by atoms with Crippen LogP contribution in [0.2, 0.25) is 0 Å². The Morgan fingerprint density at radius 3 is 2.09 bits per heavy atom. The number of nitrogens with zero attached hydrogens (tertiary/aromatic N) is 2. The van der Waals surface area contributed by atoms with Gasteiger partial charge >= 0.3 is 11.9 Å². The van der Waals surface area contributed by atoms with Gasteiger partial charge in [-0.15, -0.1) is 11.3 Å². The number of carboxylic acid groups (broad SMARTS) is 2. The summed E-state index contributed by atoms with van der Waals surface area (Å²) in [5.41, 5.74) is 0. The van der Waals surface area contributed by atoms with E-state index in [1.54, 1.807) is 15.6 Å². The van der Waals surface area contributed by atoms with Crippen molar-refractivity contribution < 1.29 is 28.2 Å². The summed E-state index contributed by atoms with van der Waals surface area (Å²) in [6.45, 7) is 3.82. The normalized spacial score (nSPS) is 16.6. The van der Waals surface area contributed by atoms with Gasteiger partial charge in [0.1, 0.15) is 0 Å². The molecule has 2 N–H and O–H groups in total. The van der Waals surface area contributed by atoms with Crippen LogP contribution < -0.4 is 0 Å². The second-order valence-corrected chi connectivity index (χ2v) is 7.64. The second-order valence-electron chi connectivity index (χ2n) is 4.63. The summed E-state index contributed by atoms with van der Waals surface area (Å²) in [6.07, 6.45) is 1.28. The Balaban J connectivity index is 0.000000346. The molecule has 22 heavy (non-hydrogen) atoms. The Hall–Kier alpha value is -1.49. The van der Waals surface area contributed by atoms with Crippen LogP contribution in [0.5, 0.6) is 0 Å². The zero-order valence-corrected chi connectivity index (χ0v) is 13.6. The molecule has 0 saturated carbocycles. The van der Waals surface area contributed by atoms with Gasteiger partial charge in [0.2, 0.25) is 10.0 Å². The maximum Gasteiger partial charge on any atom is 0.414 e. The maximum atomic E-state index is 11.3. The Labute approximate surface area is 132 Å². The van der Waals surface area contributed by atoms with Gasteiger partial charge in [0.15, 0.2) is 0 Å². The van der Waals surface area contributed by atoms with E-state index in [4.69, 9.17) is 19.8 Å². The molecule has 0 spiro atoms. The fourth-order valence-corrected chi connectivity index (χ4v) is 3.41. The Kier molecular flexibility index (Phi) is 6.94. The molecule has 0 aliphatic carbocycles. The number of sulfonamides is 1. The molecular formula is C12H18N2O6S2. The third kappa shape index (κ3) is 6.52. The molecule has 0 aromatic carbocycles. The van der Waals surface area contributed by atoms with Crippen molar-refractivity contribution in [2.45, 2.75) is 6.54 Å². The lowest BCUT2D eigenvalue weighted by Crippen LogP contribution is -2.47. The number of carbonyl (C=O) groups is 2. The van der Waals surface area contributed by atoms with Crippen LogP contribution in [0.25, 0.3) is 0 Å². The molecule has 0 bridgehead atoms. The van der Waals surface area contributed by atoms with Gasteiger partial charge in [-0.3, -0.25) is 4.90 Å². The number of hydrogen-bond acceptors (Lipinski definition) is 6. The summed E-state index contributed by atoms with van der Waals surface area (Å²) in [7, 11) is -3.00. The van der Waals surface area contributed by atoms with Crippen LogP contribution >= 0.6 is 11.3 Å². The molecule has 1 aromatic rings. The van der Waals surface area contributed by atoms with Crippen LogP contribution in [0.4, 0.5) is 0 Å². The monoisotopic (exact) mass is 350 g/mol. The quantitative estimate of drug-likeness (QED) is 0.736. The van der Waals surface area contributed by atoms with Gasteiger partial charge in [0.25, 0.3) is 0 Å². The van der Waals surface area contributed by atoms with E-state index in [2.05, 4.69) is 16.3 Å². The lowest BCUT2D eigenvalue weighted by Gasteiger charge is -2.32. The van der Waals surface area contributed by atoms with Crippen molar-refractivity contribution in [2.24, 2.45) is 0 Å². The minimum absolute atomic E-state index is 0.615. The molecule has 1 aromatic heterocycles. The minimum Gasteiger partial charge on any atom is -0.473 e. The van der Waals surface area contributed by atoms with Gasteiger partial charge in [0, 0.05) is 37.6 Å². The molecular weight excluding hydrogens is 332 g/mol. The van der Waals surface area contributed by atoms with Crippen molar-refractivity contribution in [3.8, 4) is 0 Å². The molecule has 10 heteroatoms. The smallest absolute Gasteiger partial charge is 0.414 e. The predicted octanol–water partition coefficient (Wildman–Crippen LogP) is -0.0191. The summed E-state index contributed by atoms with van der Waals surface area (Å²) in [6, 6.07) is 4.17. The molecule has 1 saturated heterocycles. The molecule has 1 fully saturated rings. The molecule has 124 valence electrons. The highest BCUT2D eigenvalue weighted by Crippen LogP contribution is 2.14. The van der Waals surface area contributed by atoms with Gasteiger partial charge in [-0.05, 0) is 11.4 Å². The summed E-state index contributed by atoms with van der Waals surface area (Å²) in [5.74, 6) is -3.65. The topological polar surface area (TPSA) is 115 Å². The van der Waals surface area contributed by atoms with Gasteiger partial charge in [-0.25, -0.2) is 18.0 Å². The van der Waals surface area contributed by atoms with Crippen LogP contribution in [0.1, 0.15) is 4.88 Å². The average molecular weight is 350 g/mol. The van der Waals surface area contributed by atoms with E-state index in [1.165, 1.54) is 11.1 Å². The van der Waals surface area contributed by atoms with Crippen LogP contribution in [0.15, 0.2) is 17.5 Å². The Morgan fingerprint density at radius 1 is 1.18 bits per heavy atom. The third-order valence-corrected chi connectivity index (χ3v) is 5.11. The Morgan fingerprint density at radius 2 is 1.73 bits per heavy atom. The zero-order valence-electron chi connectivity index (χ0n) is 12.0. The van der Waals surface area contributed by atoms with Gasteiger partial charge in [0.05, 0.1) is 6.26 Å². The van der Waals surface area contributed by atoms with Crippen molar-refractivity contribution in [1.82, 2.24) is 9.21 Å². The molecule has 8 nitrogen and oxygen atoms in total. The van der Waals surface area contributed by atoms with Crippen molar-refractivity contribution >= 4 is 33.3 Å². The van der Waals surface area contributed by atoms with Crippen molar-refractivity contribution in [3.63, 3.8) is 0 Å². The number of aliphatic carboxylic acids is 2. The van der Waals surface area contributed by atoms with E-state index in [9.17, 15) is 8.42 Å². The summed E-state index contributed by atoms with van der Waals surface area (Å²) >= 11 is 1.75. The molecule has 0 amide bonds. The van der Waals surface area contributed by atoms with E-state index in [-0.39, 0.29) is 0 Å². The molecule has 0 radical (unpaired) electrons. The van der Waals surface area contributed by atoms with E-state index < -0.39 is 22.0 Å². The summed E-state index contributed by atoms with van der Waals surface area (Å²) in [4.78, 5) is 21.8. The first-order valence-corrected chi connectivity index (χ1v) is 9.09. The van der Waals surface area contributed by atoms with Crippen molar-refractivity contribution in [1.29, 1.82) is 0 Å². The van der Waals surface area contributed by atoms with Crippen LogP contribution in [-0.4, -0.2) is 72.2 Å². The van der Waals surface area contributed by atoms with Crippen LogP contribution in [0.3, 0.4) is 0 Å². The number of piperazine rings is 1. The fraction of sp³-hybridized carbons (Fsp3) is 0.500. The highest BCUT2D eigenvalue weighted by Gasteiger charge is 2.23. The number of rotatable bonds is 3. The van der Waals surface area contributed by atoms with E-state index >= 15 is 0 Å². The van der Waals surface area contributed by atoms with E-state index in [0.717, 1.165) is 19.6 Å². The highest BCUT2D eigenvalue weighted by atomic mass is 32.2. The number of hydrogen-bond donors (Lipinski definition) is 2. The molecule has 2 heterocycles. The van der Waals surface area contributed by atoms with Gasteiger partial charge in [-0.2, -0.15) is 4.31 Å². The van der Waals surface area contributed by atoms with Crippen molar-refractivity contribution in [3.05, 3.63) is 22.4 Å². The van der Waals surface area contributed by atoms with E-state index in [1.807, 2.05) is 6.07 Å². The predicted molar refractivity (Wildman–Crippen MR) is 81.3 cm³/mol. The first-order chi connectivity index (χ1) is 10.2. The summed E-state index contributed by atoms with van der Waals surface area (Å²) < 4.78 is 24.2. The van der Waals surface area contributed by atoms with Gasteiger partial charge < -0.3 is 10.2 Å². The molecule has 0 unspecified atom stereocenters. The minimum atomic E-state index is -3.00. The highest BCUT2D eigenvalue weighted by molar-refractivity contribution is 7.88. The Bertz CT molecular complexity index is 579. The van der Waals surface area contributed by atoms with Crippen LogP contribution in [0, 0.1) is 0 Å². The van der Waals surface area contributed by atoms with Crippen LogP contribution in [-0.2, 0) is 26.2 Å². The zero-order chi connectivity index (χ0) is 16.8. The summed E-state index contributed by atoms with van der Waals surface area (Å²) in [5, 5.41) is 16.9. The lowest BCUT2D eigenvalue weighted by molar-refractivity contribution is -0.159. The third-order valence-electron chi connectivity index (χ3n) is 2.94. The lowest BCUT2D eigenvalue weighted by atomic mass is 10.3. The molecule has 1 aliphatic heterocycles. The van der Waals surface area contributed by atoms with Gasteiger partial charge in [-0.1, -0.05) is 6.07 Å². The number of carboxylic acids is 2. The SMILES string of the molecule is CS(=O)(=O)N1CCN(Cc2cccs2)CC1.O=C(O)C(=O)O. The maximum absolute atomic E-state index is 11.3. The largest absolute Gasteiger partial charge is 0.473 e.